The summed E-state index contributed by atoms with van der Waals surface area (Å²) in [5.74, 6) is -0.325. The summed E-state index contributed by atoms with van der Waals surface area (Å²) in [5, 5.41) is 13.3. The van der Waals surface area contributed by atoms with Gasteiger partial charge in [-0.25, -0.2) is 0 Å². The molecule has 2 N–H and O–H groups in total. The van der Waals surface area contributed by atoms with Crippen molar-refractivity contribution in [3.05, 3.63) is 53.5 Å². The van der Waals surface area contributed by atoms with Gasteiger partial charge in [-0.05, 0) is 37.1 Å². The number of benzene rings is 2. The third-order valence-corrected chi connectivity index (χ3v) is 4.94. The van der Waals surface area contributed by atoms with Gasteiger partial charge in [0.1, 0.15) is 12.7 Å². The van der Waals surface area contributed by atoms with E-state index in [1.807, 2.05) is 4.90 Å². The summed E-state index contributed by atoms with van der Waals surface area (Å²) >= 11 is 0. The van der Waals surface area contributed by atoms with Gasteiger partial charge in [0.15, 0.2) is 11.5 Å². The monoisotopic (exact) mass is 435 g/mol. The maximum absolute atomic E-state index is 12.7. The highest BCUT2D eigenvalue weighted by atomic mass is 16.5. The fourth-order valence-corrected chi connectivity index (χ4v) is 3.30. The maximum atomic E-state index is 12.7. The number of para-hydroxylation sites is 3. The van der Waals surface area contributed by atoms with Crippen molar-refractivity contribution < 1.29 is 30.3 Å². The molecule has 1 heterocycles. The average Bonchev–Trinajstić information content (AvgIpc) is 2.87. The van der Waals surface area contributed by atoms with E-state index in [1.165, 1.54) is 17.0 Å². The van der Waals surface area contributed by atoms with Crippen LogP contribution in [-0.2, 0) is 4.79 Å². The predicted molar refractivity (Wildman–Crippen MR) is 122 cm³/mol. The standard InChI is InChI=1S/C24H33N3O4/c1-18-7-6-8-19(2)24(18)25-23(29)16-27-13-11-26(12-14-27)15-20(28)17-31-22-10-5-4-9-21(22)30-3/h4-10,20,28H,11-17H2,1-3H3,(H,25,29)/i3D3,6D,7D,8D,15D2. The molecule has 1 saturated heterocycles. The Hall–Kier alpha value is -2.61. The van der Waals surface area contributed by atoms with Crippen molar-refractivity contribution >= 4 is 11.6 Å². The number of hydrogen-bond donors (Lipinski definition) is 2. The molecular weight excluding hydrogens is 394 g/mol. The Labute approximate surface area is 195 Å². The Balaban J connectivity index is 1.54. The second kappa shape index (κ2) is 11.1. The highest BCUT2D eigenvalue weighted by Crippen LogP contribution is 2.25. The first kappa shape index (κ1) is 14.5. The van der Waals surface area contributed by atoms with E-state index in [0.717, 1.165) is 0 Å². The molecule has 0 aromatic heterocycles. The zero-order valence-electron chi connectivity index (χ0n) is 25.7. The van der Waals surface area contributed by atoms with E-state index < -0.39 is 26.2 Å². The van der Waals surface area contributed by atoms with Crippen molar-refractivity contribution in [2.45, 2.75) is 20.0 Å². The van der Waals surface area contributed by atoms with Gasteiger partial charge >= 0.3 is 0 Å². The Kier molecular flexibility index (Phi) is 5.19. The van der Waals surface area contributed by atoms with Gasteiger partial charge in [0.2, 0.25) is 5.91 Å². The van der Waals surface area contributed by atoms with Gasteiger partial charge in [0, 0.05) is 41.1 Å². The minimum absolute atomic E-state index is 0.0188. The van der Waals surface area contributed by atoms with Crippen molar-refractivity contribution in [2.24, 2.45) is 0 Å². The largest absolute Gasteiger partial charge is 0.493 e. The number of aliphatic hydroxyl groups excluding tert-OH is 1. The van der Waals surface area contributed by atoms with E-state index in [9.17, 15) is 9.90 Å². The second-order valence-corrected chi connectivity index (χ2v) is 7.32. The van der Waals surface area contributed by atoms with Gasteiger partial charge in [-0.15, -0.1) is 0 Å². The third kappa shape index (κ3) is 6.69. The van der Waals surface area contributed by atoms with Gasteiger partial charge in [0.05, 0.1) is 21.8 Å². The predicted octanol–water partition coefficient (Wildman–Crippen LogP) is 2.31. The van der Waals surface area contributed by atoms with Crippen molar-refractivity contribution in [2.75, 3.05) is 58.2 Å². The number of carbonyl (C=O) groups excluding carboxylic acids is 1. The van der Waals surface area contributed by atoms with Crippen LogP contribution in [0.4, 0.5) is 5.69 Å². The number of nitrogens with one attached hydrogen (secondary N) is 1. The quantitative estimate of drug-likeness (QED) is 0.630. The van der Waals surface area contributed by atoms with Gasteiger partial charge in [-0.3, -0.25) is 14.6 Å². The van der Waals surface area contributed by atoms with Crippen molar-refractivity contribution in [3.8, 4) is 11.5 Å². The number of methoxy groups -OCH3 is 1. The van der Waals surface area contributed by atoms with E-state index in [-0.39, 0.29) is 55.2 Å². The molecule has 0 spiro atoms. The summed E-state index contributed by atoms with van der Waals surface area (Å²) in [7, 11) is -2.69. The normalized spacial score (nSPS) is 20.6. The van der Waals surface area contributed by atoms with Crippen LogP contribution in [0.5, 0.6) is 11.5 Å². The molecule has 31 heavy (non-hydrogen) atoms. The molecule has 1 aliphatic rings. The molecule has 2 aromatic rings. The van der Waals surface area contributed by atoms with Crippen LogP contribution in [0.3, 0.4) is 0 Å². The van der Waals surface area contributed by atoms with Gasteiger partial charge in [-0.1, -0.05) is 30.3 Å². The average molecular weight is 436 g/mol. The van der Waals surface area contributed by atoms with Crippen LogP contribution in [0.2, 0.25) is 0 Å². The highest BCUT2D eigenvalue weighted by molar-refractivity contribution is 5.93. The molecule has 0 aliphatic carbocycles. The summed E-state index contributed by atoms with van der Waals surface area (Å²) in [4.78, 5) is 16.0. The van der Waals surface area contributed by atoms with Crippen molar-refractivity contribution in [1.82, 2.24) is 9.80 Å². The summed E-state index contributed by atoms with van der Waals surface area (Å²) in [6, 6.07) is 5.64. The maximum Gasteiger partial charge on any atom is 0.238 e. The molecular formula is C24H33N3O4. The Morgan fingerprint density at radius 3 is 2.52 bits per heavy atom. The summed E-state index contributed by atoms with van der Waals surface area (Å²) in [5.41, 5.74) is 1.20. The molecule has 0 bridgehead atoms. The lowest BCUT2D eigenvalue weighted by Crippen LogP contribution is -2.50. The van der Waals surface area contributed by atoms with E-state index in [0.29, 0.717) is 29.9 Å². The van der Waals surface area contributed by atoms with Crippen LogP contribution < -0.4 is 14.8 Å². The molecule has 2 aromatic carbocycles. The number of nitrogens with zero attached hydrogens (tertiary/aromatic N) is 2. The molecule has 1 atom stereocenters. The van der Waals surface area contributed by atoms with Crippen molar-refractivity contribution in [3.63, 3.8) is 0 Å². The van der Waals surface area contributed by atoms with Crippen molar-refractivity contribution in [1.29, 1.82) is 0 Å². The number of hydrogen-bond acceptors (Lipinski definition) is 6. The Bertz CT molecular complexity index is 1160. The Morgan fingerprint density at radius 2 is 1.84 bits per heavy atom. The molecule has 1 unspecified atom stereocenters. The minimum atomic E-state index is -2.69. The number of amides is 1. The lowest BCUT2D eigenvalue weighted by molar-refractivity contribution is -0.117. The lowest BCUT2D eigenvalue weighted by Gasteiger charge is -2.35. The van der Waals surface area contributed by atoms with Gasteiger partial charge in [0.25, 0.3) is 0 Å². The lowest BCUT2D eigenvalue weighted by atomic mass is 10.1. The molecule has 0 radical (unpaired) electrons. The number of β-amino-alcohol motifs (C(OH)–C–C–N with tert-alkyl or cyclic N) is 1. The first-order valence-corrected chi connectivity index (χ1v) is 10.0. The highest BCUT2D eigenvalue weighted by Gasteiger charge is 2.21. The molecule has 1 fully saturated rings. The van der Waals surface area contributed by atoms with Crippen LogP contribution in [0.25, 0.3) is 0 Å². The molecule has 1 amide bonds. The zero-order chi connectivity index (χ0) is 29.1. The molecule has 7 nitrogen and oxygen atoms in total. The summed E-state index contributed by atoms with van der Waals surface area (Å²) in [6.07, 6.45) is -1.56. The number of carbonyl (C=O) groups is 1. The van der Waals surface area contributed by atoms with Crippen LogP contribution in [0.1, 0.15) is 22.1 Å². The second-order valence-electron chi connectivity index (χ2n) is 7.32. The summed E-state index contributed by atoms with van der Waals surface area (Å²) in [6.45, 7) is 1.84. The topological polar surface area (TPSA) is 74.3 Å². The summed E-state index contributed by atoms with van der Waals surface area (Å²) < 4.78 is 72.9. The van der Waals surface area contributed by atoms with Crippen LogP contribution in [-0.4, -0.2) is 79.8 Å². The van der Waals surface area contributed by atoms with E-state index in [4.69, 9.17) is 20.4 Å². The van der Waals surface area contributed by atoms with Gasteiger partial charge in [-0.2, -0.15) is 0 Å². The minimum Gasteiger partial charge on any atom is -0.493 e. The third-order valence-electron chi connectivity index (χ3n) is 4.94. The molecule has 168 valence electrons. The molecule has 7 heteroatoms. The fourth-order valence-electron chi connectivity index (χ4n) is 3.30. The Morgan fingerprint density at radius 1 is 1.19 bits per heavy atom. The number of rotatable bonds is 9. The number of piperazine rings is 1. The zero-order valence-corrected chi connectivity index (χ0v) is 17.7. The fraction of sp³-hybridized carbons (Fsp3) is 0.458. The van der Waals surface area contributed by atoms with Crippen LogP contribution >= 0.6 is 0 Å². The van der Waals surface area contributed by atoms with Crippen LogP contribution in [0.15, 0.2) is 42.4 Å². The SMILES string of the molecule is [2H]c1c([2H])c(C)c(NC(=O)CN2CCN(C([2H])([2H])C(O)COc3ccccc3OC([2H])([2H])[2H])CC2)c(C)c1[2H]. The van der Waals surface area contributed by atoms with E-state index in [1.54, 1.807) is 26.0 Å². The smallest absolute Gasteiger partial charge is 0.238 e. The van der Waals surface area contributed by atoms with E-state index >= 15 is 0 Å². The molecule has 3 rings (SSSR count). The van der Waals surface area contributed by atoms with E-state index in [2.05, 4.69) is 5.32 Å². The molecule has 0 saturated carbocycles. The first-order chi connectivity index (χ1) is 18.1. The number of aliphatic hydroxyl groups is 1. The first-order valence-electron chi connectivity index (χ1n) is 14.0. The van der Waals surface area contributed by atoms with Crippen LogP contribution in [0, 0.1) is 13.8 Å². The number of ether oxygens (including phenoxy) is 2. The van der Waals surface area contributed by atoms with Gasteiger partial charge < -0.3 is 19.9 Å². The molecule has 1 aliphatic heterocycles. The number of anilines is 1.